The predicted molar refractivity (Wildman–Crippen MR) is 98.7 cm³/mol. The Bertz CT molecular complexity index is 910. The van der Waals surface area contributed by atoms with Crippen LogP contribution in [0.5, 0.6) is 0 Å². The monoisotopic (exact) mass is 332 g/mol. The third-order valence-electron chi connectivity index (χ3n) is 3.98. The van der Waals surface area contributed by atoms with Crippen molar-refractivity contribution in [3.8, 4) is 22.4 Å². The quantitative estimate of drug-likeness (QED) is 0.730. The van der Waals surface area contributed by atoms with Gasteiger partial charge in [0.25, 0.3) is 0 Å². The summed E-state index contributed by atoms with van der Waals surface area (Å²) in [6.45, 7) is 5.87. The van der Waals surface area contributed by atoms with Gasteiger partial charge in [0.15, 0.2) is 0 Å². The van der Waals surface area contributed by atoms with Crippen LogP contribution in [0.4, 0.5) is 0 Å². The lowest BCUT2D eigenvalue weighted by Crippen LogP contribution is -2.20. The average Bonchev–Trinajstić information content (AvgIpc) is 3.06. The van der Waals surface area contributed by atoms with E-state index in [9.17, 15) is 4.79 Å². The second kappa shape index (κ2) is 7.13. The Morgan fingerprint density at radius 2 is 2.04 bits per heavy atom. The molecule has 0 fully saturated rings. The van der Waals surface area contributed by atoms with E-state index >= 15 is 0 Å². The summed E-state index contributed by atoms with van der Waals surface area (Å²) in [5.41, 5.74) is 5.95. The number of nitrogens with zero attached hydrogens (tertiary/aromatic N) is 3. The highest BCUT2D eigenvalue weighted by molar-refractivity contribution is 5.87. The Morgan fingerprint density at radius 1 is 1.24 bits per heavy atom. The van der Waals surface area contributed by atoms with Crippen molar-refractivity contribution in [1.82, 2.24) is 20.1 Å². The SMILES string of the molecule is C=CC(=O)NCc1ccc(-c2ccc(C)nc2)cc1-c1ccn(C)n1. The molecule has 0 saturated carbocycles. The van der Waals surface area contributed by atoms with Crippen LogP contribution in [0, 0.1) is 6.92 Å². The maximum absolute atomic E-state index is 11.5. The van der Waals surface area contributed by atoms with Crippen LogP contribution in [0.2, 0.25) is 0 Å². The molecule has 126 valence electrons. The Hall–Kier alpha value is -3.21. The third kappa shape index (κ3) is 3.83. The van der Waals surface area contributed by atoms with E-state index in [0.29, 0.717) is 6.54 Å². The predicted octanol–water partition coefficient (Wildman–Crippen LogP) is 3.26. The number of amides is 1. The number of aromatic nitrogens is 3. The van der Waals surface area contributed by atoms with Gasteiger partial charge in [0.2, 0.25) is 5.91 Å². The van der Waals surface area contributed by atoms with Crippen LogP contribution in [0.15, 0.2) is 61.4 Å². The lowest BCUT2D eigenvalue weighted by atomic mass is 9.98. The van der Waals surface area contributed by atoms with Crippen LogP contribution in [0.1, 0.15) is 11.3 Å². The van der Waals surface area contributed by atoms with Crippen molar-refractivity contribution in [3.63, 3.8) is 0 Å². The van der Waals surface area contributed by atoms with Crippen molar-refractivity contribution < 1.29 is 4.79 Å². The van der Waals surface area contributed by atoms with Gasteiger partial charge in [0.1, 0.15) is 0 Å². The summed E-state index contributed by atoms with van der Waals surface area (Å²) in [4.78, 5) is 15.9. The van der Waals surface area contributed by atoms with E-state index in [0.717, 1.165) is 33.6 Å². The van der Waals surface area contributed by atoms with Crippen molar-refractivity contribution in [2.24, 2.45) is 7.05 Å². The number of nitrogens with one attached hydrogen (secondary N) is 1. The molecular formula is C20H20N4O. The number of hydrogen-bond donors (Lipinski definition) is 1. The molecule has 0 radical (unpaired) electrons. The summed E-state index contributed by atoms with van der Waals surface area (Å²) in [5.74, 6) is -0.196. The number of benzene rings is 1. The van der Waals surface area contributed by atoms with Crippen LogP contribution in [0.3, 0.4) is 0 Å². The van der Waals surface area contributed by atoms with E-state index < -0.39 is 0 Å². The smallest absolute Gasteiger partial charge is 0.243 e. The number of pyridine rings is 1. The summed E-state index contributed by atoms with van der Waals surface area (Å²) < 4.78 is 1.77. The molecule has 2 heterocycles. The molecule has 5 nitrogen and oxygen atoms in total. The maximum Gasteiger partial charge on any atom is 0.243 e. The molecule has 3 aromatic rings. The van der Waals surface area contributed by atoms with Crippen molar-refractivity contribution in [2.75, 3.05) is 0 Å². The Labute approximate surface area is 147 Å². The first-order valence-corrected chi connectivity index (χ1v) is 8.03. The number of carbonyl (C=O) groups excluding carboxylic acids is 1. The summed E-state index contributed by atoms with van der Waals surface area (Å²) in [7, 11) is 1.89. The molecule has 25 heavy (non-hydrogen) atoms. The topological polar surface area (TPSA) is 59.8 Å². The molecule has 1 N–H and O–H groups in total. The standard InChI is InChI=1S/C20H20N4O/c1-4-20(25)22-13-17-8-7-15(16-6-5-14(2)21-12-16)11-18(17)19-9-10-24(3)23-19/h4-12H,1,13H2,2-3H3,(H,22,25). The molecule has 0 saturated heterocycles. The minimum absolute atomic E-state index is 0.196. The summed E-state index contributed by atoms with van der Waals surface area (Å²) >= 11 is 0. The first-order chi connectivity index (χ1) is 12.1. The fourth-order valence-electron chi connectivity index (χ4n) is 2.60. The molecule has 0 aliphatic carbocycles. The van der Waals surface area contributed by atoms with Crippen LogP contribution in [0.25, 0.3) is 22.4 Å². The van der Waals surface area contributed by atoms with Gasteiger partial charge in [-0.15, -0.1) is 0 Å². The maximum atomic E-state index is 11.5. The highest BCUT2D eigenvalue weighted by Gasteiger charge is 2.11. The molecule has 0 aliphatic rings. The largest absolute Gasteiger partial charge is 0.348 e. The minimum Gasteiger partial charge on any atom is -0.348 e. The van der Waals surface area contributed by atoms with Crippen molar-refractivity contribution in [1.29, 1.82) is 0 Å². The highest BCUT2D eigenvalue weighted by Crippen LogP contribution is 2.28. The lowest BCUT2D eigenvalue weighted by molar-refractivity contribution is -0.116. The van der Waals surface area contributed by atoms with Crippen LogP contribution >= 0.6 is 0 Å². The molecule has 5 heteroatoms. The van der Waals surface area contributed by atoms with Gasteiger partial charge in [-0.1, -0.05) is 24.8 Å². The molecule has 2 aromatic heterocycles. The fraction of sp³-hybridized carbons (Fsp3) is 0.150. The number of carbonyl (C=O) groups is 1. The summed E-state index contributed by atoms with van der Waals surface area (Å²) in [6, 6.07) is 12.2. The first kappa shape index (κ1) is 16.6. The van der Waals surface area contributed by atoms with Gasteiger partial charge < -0.3 is 5.32 Å². The molecule has 0 atom stereocenters. The number of aryl methyl sites for hydroxylation is 2. The fourth-order valence-corrected chi connectivity index (χ4v) is 2.60. The lowest BCUT2D eigenvalue weighted by Gasteiger charge is -2.11. The van der Waals surface area contributed by atoms with E-state index in [1.165, 1.54) is 6.08 Å². The normalized spacial score (nSPS) is 10.5. The molecule has 3 rings (SSSR count). The first-order valence-electron chi connectivity index (χ1n) is 8.03. The third-order valence-corrected chi connectivity index (χ3v) is 3.98. The van der Waals surface area contributed by atoms with Gasteiger partial charge in [-0.2, -0.15) is 5.10 Å². The zero-order valence-electron chi connectivity index (χ0n) is 14.4. The minimum atomic E-state index is -0.196. The van der Waals surface area contributed by atoms with E-state index in [1.54, 1.807) is 4.68 Å². The van der Waals surface area contributed by atoms with Crippen molar-refractivity contribution in [3.05, 3.63) is 72.7 Å². The molecule has 0 unspecified atom stereocenters. The molecule has 1 aromatic carbocycles. The second-order valence-corrected chi connectivity index (χ2v) is 5.86. The van der Waals surface area contributed by atoms with Crippen LogP contribution < -0.4 is 5.32 Å². The van der Waals surface area contributed by atoms with Crippen LogP contribution in [-0.2, 0) is 18.4 Å². The molecular weight excluding hydrogens is 312 g/mol. The number of hydrogen-bond acceptors (Lipinski definition) is 3. The Kier molecular flexibility index (Phi) is 4.75. The summed E-state index contributed by atoms with van der Waals surface area (Å²) in [5, 5.41) is 7.33. The average molecular weight is 332 g/mol. The number of rotatable bonds is 5. The van der Waals surface area contributed by atoms with Gasteiger partial charge in [-0.3, -0.25) is 14.5 Å². The summed E-state index contributed by atoms with van der Waals surface area (Å²) in [6.07, 6.45) is 5.04. The zero-order valence-corrected chi connectivity index (χ0v) is 14.4. The van der Waals surface area contributed by atoms with E-state index in [-0.39, 0.29) is 5.91 Å². The molecule has 1 amide bonds. The Morgan fingerprint density at radius 3 is 2.68 bits per heavy atom. The van der Waals surface area contributed by atoms with Gasteiger partial charge in [-0.05, 0) is 42.3 Å². The molecule has 0 aliphatic heterocycles. The highest BCUT2D eigenvalue weighted by atomic mass is 16.1. The van der Waals surface area contributed by atoms with E-state index in [1.807, 2.05) is 50.6 Å². The van der Waals surface area contributed by atoms with E-state index in [2.05, 4.69) is 34.1 Å². The Balaban J connectivity index is 2.02. The van der Waals surface area contributed by atoms with Crippen LogP contribution in [-0.4, -0.2) is 20.7 Å². The van der Waals surface area contributed by atoms with Gasteiger partial charge in [0, 0.05) is 42.8 Å². The van der Waals surface area contributed by atoms with Crippen molar-refractivity contribution >= 4 is 5.91 Å². The van der Waals surface area contributed by atoms with Gasteiger partial charge >= 0.3 is 0 Å². The van der Waals surface area contributed by atoms with E-state index in [4.69, 9.17) is 0 Å². The van der Waals surface area contributed by atoms with Gasteiger partial charge in [-0.25, -0.2) is 0 Å². The van der Waals surface area contributed by atoms with Crippen molar-refractivity contribution in [2.45, 2.75) is 13.5 Å². The zero-order chi connectivity index (χ0) is 17.8. The molecule has 0 spiro atoms. The second-order valence-electron chi connectivity index (χ2n) is 5.86. The van der Waals surface area contributed by atoms with Gasteiger partial charge in [0.05, 0.1) is 5.69 Å². The molecule has 0 bridgehead atoms.